The molecule has 0 bridgehead atoms. The molecule has 1 amide bonds. The second-order valence-corrected chi connectivity index (χ2v) is 7.89. The minimum Gasteiger partial charge on any atom is -0.493 e. The Bertz CT molecular complexity index is 1090. The minimum absolute atomic E-state index is 0.00140. The smallest absolute Gasteiger partial charge is 0.276 e. The minimum atomic E-state index is -0.449. The van der Waals surface area contributed by atoms with Crippen LogP contribution in [0.5, 0.6) is 11.5 Å². The number of likely N-dealkylation sites (N-methyl/N-ethyl adjacent to an activating group) is 2. The van der Waals surface area contributed by atoms with Crippen molar-refractivity contribution in [3.05, 3.63) is 67.8 Å². The number of nitro groups is 1. The first-order valence-corrected chi connectivity index (χ1v) is 10.5. The summed E-state index contributed by atoms with van der Waals surface area (Å²) in [6.45, 7) is 2.49. The van der Waals surface area contributed by atoms with Crippen molar-refractivity contribution in [2.45, 2.75) is 13.5 Å². The monoisotopic (exact) mass is 505 g/mol. The summed E-state index contributed by atoms with van der Waals surface area (Å²) in [5.41, 5.74) is 1.84. The van der Waals surface area contributed by atoms with Gasteiger partial charge in [0.2, 0.25) is 0 Å². The van der Waals surface area contributed by atoms with Crippen molar-refractivity contribution in [1.29, 1.82) is 0 Å². The zero-order chi connectivity index (χ0) is 22.7. The van der Waals surface area contributed by atoms with Crippen molar-refractivity contribution >= 4 is 50.9 Å². The molecule has 3 rings (SSSR count). The molecule has 0 N–H and O–H groups in total. The zero-order valence-corrected chi connectivity index (χ0v) is 19.5. The molecule has 0 spiro atoms. The number of amides is 1. The van der Waals surface area contributed by atoms with Crippen LogP contribution in [0.3, 0.4) is 0 Å². The number of nitro benzene ring substituents is 1. The first-order valence-electron chi connectivity index (χ1n) is 9.31. The maximum Gasteiger partial charge on any atom is 0.276 e. The van der Waals surface area contributed by atoms with Crippen LogP contribution in [0.15, 0.2) is 46.6 Å². The number of hydrogen-bond acceptors (Lipinski definition) is 6. The van der Waals surface area contributed by atoms with Gasteiger partial charge in [-0.2, -0.15) is 0 Å². The van der Waals surface area contributed by atoms with Gasteiger partial charge in [0.15, 0.2) is 16.6 Å². The van der Waals surface area contributed by atoms with Crippen LogP contribution >= 0.6 is 28.1 Å². The number of benzene rings is 2. The Morgan fingerprint density at radius 2 is 2.03 bits per heavy atom. The molecule has 1 aliphatic heterocycles. The summed E-state index contributed by atoms with van der Waals surface area (Å²) in [4.78, 5) is 26.3. The number of ether oxygens (including phenoxy) is 2. The van der Waals surface area contributed by atoms with Crippen LogP contribution in [-0.2, 0) is 11.4 Å². The highest BCUT2D eigenvalue weighted by Crippen LogP contribution is 2.38. The number of hydrogen-bond donors (Lipinski definition) is 0. The van der Waals surface area contributed by atoms with Crippen molar-refractivity contribution < 1.29 is 19.2 Å². The third-order valence-electron chi connectivity index (χ3n) is 4.72. The van der Waals surface area contributed by atoms with Gasteiger partial charge in [0.1, 0.15) is 12.3 Å². The Morgan fingerprint density at radius 3 is 2.65 bits per heavy atom. The Kier molecular flexibility index (Phi) is 6.91. The maximum absolute atomic E-state index is 12.6. The number of carbonyl (C=O) groups is 1. The van der Waals surface area contributed by atoms with Gasteiger partial charge in [-0.25, -0.2) is 0 Å². The van der Waals surface area contributed by atoms with Gasteiger partial charge in [0.05, 0.1) is 16.5 Å². The van der Waals surface area contributed by atoms with Gasteiger partial charge in [0, 0.05) is 25.7 Å². The Balaban J connectivity index is 1.87. The van der Waals surface area contributed by atoms with Gasteiger partial charge in [0.25, 0.3) is 11.6 Å². The predicted octanol–water partition coefficient (Wildman–Crippen LogP) is 4.36. The first kappa shape index (κ1) is 22.7. The predicted molar refractivity (Wildman–Crippen MR) is 124 cm³/mol. The van der Waals surface area contributed by atoms with E-state index in [4.69, 9.17) is 21.7 Å². The van der Waals surface area contributed by atoms with Crippen molar-refractivity contribution in [3.8, 4) is 11.5 Å². The lowest BCUT2D eigenvalue weighted by atomic mass is 10.1. The summed E-state index contributed by atoms with van der Waals surface area (Å²) >= 11 is 8.82. The molecule has 2 aromatic carbocycles. The Hall–Kier alpha value is -2.98. The highest BCUT2D eigenvalue weighted by Gasteiger charge is 2.34. The molecule has 31 heavy (non-hydrogen) atoms. The van der Waals surface area contributed by atoms with Crippen LogP contribution in [0.2, 0.25) is 0 Å². The van der Waals surface area contributed by atoms with Crippen molar-refractivity contribution in [1.82, 2.24) is 9.80 Å². The standard InChI is InChI=1S/C21H20BrN3O5S/c1-4-24-20(26)17(23(2)21(24)31)10-14-9-16(22)19(18(11-14)29-3)30-12-13-6-5-7-15(8-13)25(27)28/h5-11H,4,12H2,1-3H3/b17-10-. The van der Waals surface area contributed by atoms with E-state index in [9.17, 15) is 14.9 Å². The molecule has 0 unspecified atom stereocenters. The molecule has 0 saturated carbocycles. The van der Waals surface area contributed by atoms with E-state index < -0.39 is 4.92 Å². The van der Waals surface area contributed by atoms with E-state index >= 15 is 0 Å². The Labute approximate surface area is 193 Å². The van der Waals surface area contributed by atoms with Crippen LogP contribution in [0.25, 0.3) is 6.08 Å². The number of halogens is 1. The van der Waals surface area contributed by atoms with Gasteiger partial charge in [-0.1, -0.05) is 12.1 Å². The summed E-state index contributed by atoms with van der Waals surface area (Å²) in [6, 6.07) is 9.79. The van der Waals surface area contributed by atoms with Crippen LogP contribution in [0.4, 0.5) is 5.69 Å². The molecule has 1 aliphatic rings. The highest BCUT2D eigenvalue weighted by molar-refractivity contribution is 9.10. The summed E-state index contributed by atoms with van der Waals surface area (Å²) in [6.07, 6.45) is 1.74. The van der Waals surface area contributed by atoms with E-state index in [1.54, 1.807) is 42.3 Å². The largest absolute Gasteiger partial charge is 0.493 e. The number of carbonyl (C=O) groups excluding carboxylic acids is 1. The van der Waals surface area contributed by atoms with Crippen LogP contribution in [0, 0.1) is 10.1 Å². The van der Waals surface area contributed by atoms with Crippen LogP contribution in [-0.4, -0.2) is 46.4 Å². The topological polar surface area (TPSA) is 85.2 Å². The molecule has 1 saturated heterocycles. The number of thiocarbonyl (C=S) groups is 1. The molecule has 10 heteroatoms. The molecule has 0 aliphatic carbocycles. The third-order valence-corrected chi connectivity index (χ3v) is 5.80. The van der Waals surface area contributed by atoms with E-state index in [2.05, 4.69) is 15.9 Å². The molecular formula is C21H20BrN3O5S. The lowest BCUT2D eigenvalue weighted by Gasteiger charge is -2.15. The summed E-state index contributed by atoms with van der Waals surface area (Å²) in [5, 5.41) is 11.4. The first-order chi connectivity index (χ1) is 14.8. The average Bonchev–Trinajstić information content (AvgIpc) is 2.95. The van der Waals surface area contributed by atoms with Gasteiger partial charge in [-0.15, -0.1) is 0 Å². The fraction of sp³-hybridized carbons (Fsp3) is 0.238. The summed E-state index contributed by atoms with van der Waals surface area (Å²) in [5.74, 6) is 0.749. The van der Waals surface area contributed by atoms with Gasteiger partial charge in [-0.3, -0.25) is 19.8 Å². The Morgan fingerprint density at radius 1 is 1.29 bits per heavy atom. The zero-order valence-electron chi connectivity index (χ0n) is 17.1. The van der Waals surface area contributed by atoms with Crippen molar-refractivity contribution in [2.75, 3.05) is 20.7 Å². The lowest BCUT2D eigenvalue weighted by Crippen LogP contribution is -2.30. The van der Waals surface area contributed by atoms with Gasteiger partial charge >= 0.3 is 0 Å². The second-order valence-electron chi connectivity index (χ2n) is 6.67. The molecule has 1 fully saturated rings. The lowest BCUT2D eigenvalue weighted by molar-refractivity contribution is -0.384. The maximum atomic E-state index is 12.6. The van der Waals surface area contributed by atoms with Crippen LogP contribution < -0.4 is 9.47 Å². The number of methoxy groups -OCH3 is 1. The van der Waals surface area contributed by atoms with E-state index in [1.807, 2.05) is 6.92 Å². The number of nitrogens with zero attached hydrogens (tertiary/aromatic N) is 3. The molecule has 8 nitrogen and oxygen atoms in total. The quantitative estimate of drug-likeness (QED) is 0.239. The molecule has 0 radical (unpaired) electrons. The molecule has 162 valence electrons. The second kappa shape index (κ2) is 9.44. The van der Waals surface area contributed by atoms with E-state index in [0.29, 0.717) is 38.9 Å². The highest BCUT2D eigenvalue weighted by atomic mass is 79.9. The van der Waals surface area contributed by atoms with Crippen molar-refractivity contribution in [3.63, 3.8) is 0 Å². The molecular weight excluding hydrogens is 486 g/mol. The molecule has 2 aromatic rings. The number of non-ortho nitro benzene ring substituents is 1. The van der Waals surface area contributed by atoms with Gasteiger partial charge < -0.3 is 14.4 Å². The van der Waals surface area contributed by atoms with E-state index in [-0.39, 0.29) is 18.2 Å². The fourth-order valence-corrected chi connectivity index (χ4v) is 4.01. The normalized spacial score (nSPS) is 15.0. The SMILES string of the molecule is CCN1C(=O)/C(=C/c2cc(Br)c(OCc3cccc([N+](=O)[O-])c3)c(OC)c2)N(C)C1=S. The molecule has 1 heterocycles. The molecule has 0 atom stereocenters. The van der Waals surface area contributed by atoms with Crippen molar-refractivity contribution in [2.24, 2.45) is 0 Å². The fourth-order valence-electron chi connectivity index (χ4n) is 3.13. The third kappa shape index (κ3) is 4.70. The van der Waals surface area contributed by atoms with Gasteiger partial charge in [-0.05, 0) is 64.4 Å². The summed E-state index contributed by atoms with van der Waals surface area (Å²) in [7, 11) is 3.27. The van der Waals surface area contributed by atoms with E-state index in [0.717, 1.165) is 5.56 Å². The average molecular weight is 506 g/mol. The number of rotatable bonds is 7. The summed E-state index contributed by atoms with van der Waals surface area (Å²) < 4.78 is 12.0. The van der Waals surface area contributed by atoms with E-state index in [1.165, 1.54) is 24.1 Å². The van der Waals surface area contributed by atoms with Crippen LogP contribution in [0.1, 0.15) is 18.1 Å². The molecule has 0 aromatic heterocycles.